The number of hydrogen-bond acceptors (Lipinski definition) is 3. The summed E-state index contributed by atoms with van der Waals surface area (Å²) in [5.41, 5.74) is -0.168. The Hall–Kier alpha value is -1.65. The van der Waals surface area contributed by atoms with Gasteiger partial charge < -0.3 is 4.90 Å². The monoisotopic (exact) mass is 240 g/mol. The molecule has 0 heterocycles. The molecule has 0 unspecified atom stereocenters. The Kier molecular flexibility index (Phi) is 3.70. The number of halogens is 1. The molecule has 0 N–H and O–H groups in total. The quantitative estimate of drug-likeness (QED) is 0.602. The first-order valence-corrected chi connectivity index (χ1v) is 5.36. The van der Waals surface area contributed by atoms with E-state index in [1.807, 2.05) is 20.8 Å². The van der Waals surface area contributed by atoms with Crippen molar-refractivity contribution < 1.29 is 9.31 Å². The van der Waals surface area contributed by atoms with Gasteiger partial charge in [-0.15, -0.1) is 0 Å². The van der Waals surface area contributed by atoms with Gasteiger partial charge in [-0.3, -0.25) is 10.1 Å². The molecule has 94 valence electrons. The number of rotatable bonds is 3. The summed E-state index contributed by atoms with van der Waals surface area (Å²) >= 11 is 0. The predicted molar refractivity (Wildman–Crippen MR) is 65.8 cm³/mol. The van der Waals surface area contributed by atoms with Crippen molar-refractivity contribution in [1.82, 2.24) is 0 Å². The number of nitro benzene ring substituents is 1. The molecule has 0 aliphatic heterocycles. The Bertz CT molecular complexity index is 427. The SMILES string of the molecule is CN(CC(C)(C)C)c1cccc(F)c1[N+](=O)[O-]. The molecule has 1 rings (SSSR count). The molecule has 1 aromatic rings. The number of hydrogen-bond donors (Lipinski definition) is 0. The second-order valence-corrected chi connectivity index (χ2v) is 5.28. The first-order valence-electron chi connectivity index (χ1n) is 5.36. The van der Waals surface area contributed by atoms with Crippen LogP contribution in [0, 0.1) is 21.3 Å². The third-order valence-electron chi connectivity index (χ3n) is 2.27. The van der Waals surface area contributed by atoms with Crippen LogP contribution in [-0.2, 0) is 0 Å². The largest absolute Gasteiger partial charge is 0.368 e. The van der Waals surface area contributed by atoms with Crippen LogP contribution in [0.15, 0.2) is 18.2 Å². The highest BCUT2D eigenvalue weighted by atomic mass is 19.1. The summed E-state index contributed by atoms with van der Waals surface area (Å²) in [6.07, 6.45) is 0. The van der Waals surface area contributed by atoms with Gasteiger partial charge >= 0.3 is 5.69 Å². The first kappa shape index (κ1) is 13.4. The number of nitrogens with zero attached hydrogens (tertiary/aromatic N) is 2. The molecule has 0 spiro atoms. The molecule has 0 amide bonds. The molecule has 0 atom stereocenters. The third-order valence-corrected chi connectivity index (χ3v) is 2.27. The normalized spacial score (nSPS) is 11.4. The first-order chi connectivity index (χ1) is 7.72. The zero-order valence-electron chi connectivity index (χ0n) is 10.5. The van der Waals surface area contributed by atoms with E-state index in [4.69, 9.17) is 0 Å². The van der Waals surface area contributed by atoms with Gasteiger partial charge in [-0.05, 0) is 17.5 Å². The summed E-state index contributed by atoms with van der Waals surface area (Å²) in [7, 11) is 1.73. The highest BCUT2D eigenvalue weighted by molar-refractivity contribution is 5.63. The molecule has 0 saturated carbocycles. The van der Waals surface area contributed by atoms with Crippen LogP contribution in [0.5, 0.6) is 0 Å². The average Bonchev–Trinajstić information content (AvgIpc) is 2.13. The lowest BCUT2D eigenvalue weighted by Gasteiger charge is -2.27. The highest BCUT2D eigenvalue weighted by Crippen LogP contribution is 2.31. The van der Waals surface area contributed by atoms with E-state index in [-0.39, 0.29) is 5.41 Å². The lowest BCUT2D eigenvalue weighted by Crippen LogP contribution is -2.29. The summed E-state index contributed by atoms with van der Waals surface area (Å²) in [5.74, 6) is -0.798. The van der Waals surface area contributed by atoms with E-state index >= 15 is 0 Å². The number of para-hydroxylation sites is 1. The molecular formula is C12H17FN2O2. The molecule has 17 heavy (non-hydrogen) atoms. The minimum Gasteiger partial charge on any atom is -0.368 e. The van der Waals surface area contributed by atoms with Crippen molar-refractivity contribution in [2.75, 3.05) is 18.5 Å². The Balaban J connectivity index is 3.13. The Morgan fingerprint density at radius 3 is 2.47 bits per heavy atom. The molecule has 0 saturated heterocycles. The summed E-state index contributed by atoms with van der Waals surface area (Å²) in [5, 5.41) is 10.9. The van der Waals surface area contributed by atoms with Gasteiger partial charge in [-0.2, -0.15) is 4.39 Å². The van der Waals surface area contributed by atoms with Crippen molar-refractivity contribution in [1.29, 1.82) is 0 Å². The predicted octanol–water partition coefficient (Wildman–Crippen LogP) is 3.22. The fourth-order valence-electron chi connectivity index (χ4n) is 1.79. The van der Waals surface area contributed by atoms with Crippen molar-refractivity contribution in [2.24, 2.45) is 5.41 Å². The Morgan fingerprint density at radius 1 is 1.41 bits per heavy atom. The van der Waals surface area contributed by atoms with Crippen LogP contribution < -0.4 is 4.90 Å². The maximum Gasteiger partial charge on any atom is 0.327 e. The zero-order valence-corrected chi connectivity index (χ0v) is 10.5. The number of benzene rings is 1. The second-order valence-electron chi connectivity index (χ2n) is 5.28. The van der Waals surface area contributed by atoms with Crippen LogP contribution in [0.3, 0.4) is 0 Å². The van der Waals surface area contributed by atoms with E-state index in [0.29, 0.717) is 12.2 Å². The minimum atomic E-state index is -0.798. The number of nitro groups is 1. The lowest BCUT2D eigenvalue weighted by molar-refractivity contribution is -0.386. The maximum absolute atomic E-state index is 13.4. The fourth-order valence-corrected chi connectivity index (χ4v) is 1.79. The van der Waals surface area contributed by atoms with Crippen molar-refractivity contribution in [3.8, 4) is 0 Å². The van der Waals surface area contributed by atoms with E-state index < -0.39 is 16.4 Å². The lowest BCUT2D eigenvalue weighted by atomic mass is 9.96. The van der Waals surface area contributed by atoms with Crippen molar-refractivity contribution >= 4 is 11.4 Å². The third kappa shape index (κ3) is 3.41. The summed E-state index contributed by atoms with van der Waals surface area (Å²) in [4.78, 5) is 11.9. The zero-order chi connectivity index (χ0) is 13.2. The minimum absolute atomic E-state index is 0.0189. The van der Waals surface area contributed by atoms with Crippen molar-refractivity contribution in [3.63, 3.8) is 0 Å². The van der Waals surface area contributed by atoms with E-state index in [1.165, 1.54) is 6.07 Å². The van der Waals surface area contributed by atoms with Crippen LogP contribution in [0.25, 0.3) is 0 Å². The van der Waals surface area contributed by atoms with Gasteiger partial charge in [0.25, 0.3) is 0 Å². The molecular weight excluding hydrogens is 223 g/mol. The molecule has 0 aliphatic rings. The van der Waals surface area contributed by atoms with Gasteiger partial charge in [0.1, 0.15) is 5.69 Å². The van der Waals surface area contributed by atoms with Gasteiger partial charge in [0.05, 0.1) is 4.92 Å². The Morgan fingerprint density at radius 2 is 2.00 bits per heavy atom. The number of anilines is 1. The molecule has 4 nitrogen and oxygen atoms in total. The molecule has 0 fully saturated rings. The van der Waals surface area contributed by atoms with Gasteiger partial charge in [0.15, 0.2) is 0 Å². The average molecular weight is 240 g/mol. The molecule has 0 bridgehead atoms. The van der Waals surface area contributed by atoms with Crippen LogP contribution in [0.4, 0.5) is 15.8 Å². The van der Waals surface area contributed by atoms with Crippen molar-refractivity contribution in [2.45, 2.75) is 20.8 Å². The Labute approximate surface area is 100 Å². The second kappa shape index (κ2) is 4.69. The molecule has 0 aliphatic carbocycles. The van der Waals surface area contributed by atoms with Crippen LogP contribution in [0.1, 0.15) is 20.8 Å². The van der Waals surface area contributed by atoms with Gasteiger partial charge in [0, 0.05) is 13.6 Å². The maximum atomic E-state index is 13.4. The highest BCUT2D eigenvalue weighted by Gasteiger charge is 2.24. The van der Waals surface area contributed by atoms with Crippen LogP contribution in [-0.4, -0.2) is 18.5 Å². The summed E-state index contributed by atoms with van der Waals surface area (Å²) < 4.78 is 13.4. The topological polar surface area (TPSA) is 46.4 Å². The smallest absolute Gasteiger partial charge is 0.327 e. The summed E-state index contributed by atoms with van der Waals surface area (Å²) in [6.45, 7) is 6.68. The van der Waals surface area contributed by atoms with E-state index in [1.54, 1.807) is 18.0 Å². The van der Waals surface area contributed by atoms with E-state index in [2.05, 4.69) is 0 Å². The van der Waals surface area contributed by atoms with Gasteiger partial charge in [-0.25, -0.2) is 0 Å². The van der Waals surface area contributed by atoms with Crippen LogP contribution in [0.2, 0.25) is 0 Å². The van der Waals surface area contributed by atoms with Crippen molar-refractivity contribution in [3.05, 3.63) is 34.1 Å². The van der Waals surface area contributed by atoms with Gasteiger partial charge in [0.2, 0.25) is 5.82 Å². The standard InChI is InChI=1S/C12H17FN2O2/c1-12(2,3)8-14(4)10-7-5-6-9(13)11(10)15(16)17/h5-7H,8H2,1-4H3. The van der Waals surface area contributed by atoms with E-state index in [0.717, 1.165) is 6.07 Å². The van der Waals surface area contributed by atoms with E-state index in [9.17, 15) is 14.5 Å². The van der Waals surface area contributed by atoms with Crippen LogP contribution >= 0.6 is 0 Å². The molecule has 1 aromatic carbocycles. The summed E-state index contributed by atoms with van der Waals surface area (Å²) in [6, 6.07) is 4.15. The van der Waals surface area contributed by atoms with Gasteiger partial charge in [-0.1, -0.05) is 26.8 Å². The fraction of sp³-hybridized carbons (Fsp3) is 0.500. The molecule has 5 heteroatoms. The molecule has 0 radical (unpaired) electrons. The molecule has 0 aromatic heterocycles.